The molecule has 1 atom stereocenters. The number of ether oxygens (including phenoxy) is 2. The molecule has 0 aliphatic heterocycles. The lowest BCUT2D eigenvalue weighted by molar-refractivity contribution is -0.135. The first-order valence-electron chi connectivity index (χ1n) is 8.63. The number of amides is 1. The van der Waals surface area contributed by atoms with E-state index in [0.717, 1.165) is 22.1 Å². The molecule has 0 aromatic heterocycles. The minimum Gasteiger partial charge on any atom is -0.497 e. The van der Waals surface area contributed by atoms with Gasteiger partial charge in [-0.3, -0.25) is 9.59 Å². The van der Waals surface area contributed by atoms with Crippen molar-refractivity contribution in [1.29, 1.82) is 0 Å². The summed E-state index contributed by atoms with van der Waals surface area (Å²) in [6.07, 6.45) is 0. The fourth-order valence-corrected chi connectivity index (χ4v) is 2.82. The Morgan fingerprint density at radius 1 is 0.926 bits per heavy atom. The van der Waals surface area contributed by atoms with Crippen molar-refractivity contribution in [2.45, 2.75) is 19.8 Å². The average Bonchev–Trinajstić information content (AvgIpc) is 2.66. The van der Waals surface area contributed by atoms with E-state index in [0.29, 0.717) is 11.4 Å². The van der Waals surface area contributed by atoms with E-state index in [2.05, 4.69) is 5.32 Å². The quantitative estimate of drug-likeness (QED) is 0.535. The molecule has 3 aromatic rings. The van der Waals surface area contributed by atoms with E-state index in [9.17, 15) is 9.59 Å². The Balaban J connectivity index is 1.77. The number of benzene rings is 3. The lowest BCUT2D eigenvalue weighted by atomic mass is 9.98. The summed E-state index contributed by atoms with van der Waals surface area (Å²) in [5, 5.41) is 4.74. The average molecular weight is 363 g/mol. The van der Waals surface area contributed by atoms with Gasteiger partial charge in [0.2, 0.25) is 5.91 Å². The third kappa shape index (κ3) is 4.44. The minimum absolute atomic E-state index is 0.181. The third-order valence-electron chi connectivity index (χ3n) is 4.30. The minimum atomic E-state index is -0.430. The summed E-state index contributed by atoms with van der Waals surface area (Å²) in [7, 11) is 1.63. The number of fused-ring (bicyclic) bond motifs is 1. The zero-order valence-electron chi connectivity index (χ0n) is 15.5. The Kier molecular flexibility index (Phi) is 5.41. The monoisotopic (exact) mass is 363 g/mol. The Morgan fingerprint density at radius 3 is 2.41 bits per heavy atom. The van der Waals surface area contributed by atoms with Gasteiger partial charge in [0.05, 0.1) is 13.0 Å². The molecule has 138 valence electrons. The van der Waals surface area contributed by atoms with Crippen LogP contribution in [-0.2, 0) is 9.59 Å². The molecule has 27 heavy (non-hydrogen) atoms. The van der Waals surface area contributed by atoms with Gasteiger partial charge < -0.3 is 14.8 Å². The summed E-state index contributed by atoms with van der Waals surface area (Å²) < 4.78 is 10.7. The molecule has 1 unspecified atom stereocenters. The molecule has 0 aliphatic carbocycles. The SMILES string of the molecule is COc1ccc2cc(C(C)C(=O)Oc3cccc(NC(C)=O)c3)ccc2c1. The Labute approximate surface area is 157 Å². The summed E-state index contributed by atoms with van der Waals surface area (Å²) in [5.74, 6) is 0.216. The molecule has 5 heteroatoms. The highest BCUT2D eigenvalue weighted by molar-refractivity contribution is 5.89. The van der Waals surface area contributed by atoms with E-state index in [-0.39, 0.29) is 11.9 Å². The van der Waals surface area contributed by atoms with Gasteiger partial charge in [0, 0.05) is 18.7 Å². The number of hydrogen-bond acceptors (Lipinski definition) is 4. The molecule has 3 aromatic carbocycles. The molecule has 0 fully saturated rings. The van der Waals surface area contributed by atoms with Gasteiger partial charge in [-0.05, 0) is 47.5 Å². The lowest BCUT2D eigenvalue weighted by Crippen LogP contribution is -2.16. The number of carbonyl (C=O) groups is 2. The second-order valence-electron chi connectivity index (χ2n) is 6.32. The first-order chi connectivity index (χ1) is 13.0. The van der Waals surface area contributed by atoms with Gasteiger partial charge in [0.15, 0.2) is 0 Å². The smallest absolute Gasteiger partial charge is 0.318 e. The summed E-state index contributed by atoms with van der Waals surface area (Å²) in [5.41, 5.74) is 1.45. The van der Waals surface area contributed by atoms with Crippen molar-refractivity contribution in [3.05, 3.63) is 66.2 Å². The molecule has 0 saturated carbocycles. The van der Waals surface area contributed by atoms with Crippen LogP contribution in [0.5, 0.6) is 11.5 Å². The molecule has 0 bridgehead atoms. The van der Waals surface area contributed by atoms with Crippen LogP contribution in [0.2, 0.25) is 0 Å². The van der Waals surface area contributed by atoms with Crippen LogP contribution < -0.4 is 14.8 Å². The summed E-state index contributed by atoms with van der Waals surface area (Å²) >= 11 is 0. The molecule has 5 nitrogen and oxygen atoms in total. The number of esters is 1. The molecule has 1 amide bonds. The van der Waals surface area contributed by atoms with Crippen molar-refractivity contribution in [3.8, 4) is 11.5 Å². The van der Waals surface area contributed by atoms with Crippen molar-refractivity contribution >= 4 is 28.3 Å². The van der Waals surface area contributed by atoms with E-state index >= 15 is 0 Å². The van der Waals surface area contributed by atoms with Crippen molar-refractivity contribution < 1.29 is 19.1 Å². The van der Waals surface area contributed by atoms with Crippen LogP contribution in [0.25, 0.3) is 10.8 Å². The molecular weight excluding hydrogens is 342 g/mol. The highest BCUT2D eigenvalue weighted by Crippen LogP contribution is 2.27. The number of carbonyl (C=O) groups excluding carboxylic acids is 2. The van der Waals surface area contributed by atoms with E-state index in [4.69, 9.17) is 9.47 Å². The zero-order chi connectivity index (χ0) is 19.4. The predicted octanol–water partition coefficient (Wildman–Crippen LogP) is 4.52. The van der Waals surface area contributed by atoms with Gasteiger partial charge >= 0.3 is 5.97 Å². The molecule has 0 saturated heterocycles. The van der Waals surface area contributed by atoms with Gasteiger partial charge in [-0.25, -0.2) is 0 Å². The van der Waals surface area contributed by atoms with Crippen LogP contribution in [-0.4, -0.2) is 19.0 Å². The maximum atomic E-state index is 12.6. The van der Waals surface area contributed by atoms with Crippen LogP contribution in [0.1, 0.15) is 25.3 Å². The van der Waals surface area contributed by atoms with Crippen molar-refractivity contribution in [3.63, 3.8) is 0 Å². The van der Waals surface area contributed by atoms with Gasteiger partial charge in [-0.1, -0.05) is 30.3 Å². The van der Waals surface area contributed by atoms with Crippen LogP contribution in [0.4, 0.5) is 5.69 Å². The normalized spacial score (nSPS) is 11.7. The third-order valence-corrected chi connectivity index (χ3v) is 4.30. The van der Waals surface area contributed by atoms with Gasteiger partial charge in [-0.2, -0.15) is 0 Å². The topological polar surface area (TPSA) is 64.6 Å². The zero-order valence-corrected chi connectivity index (χ0v) is 15.5. The number of nitrogens with one attached hydrogen (secondary N) is 1. The first-order valence-corrected chi connectivity index (χ1v) is 8.63. The molecular formula is C22H21NO4. The molecule has 0 spiro atoms. The van der Waals surface area contributed by atoms with Crippen molar-refractivity contribution in [2.75, 3.05) is 12.4 Å². The van der Waals surface area contributed by atoms with E-state index in [1.165, 1.54) is 6.92 Å². The van der Waals surface area contributed by atoms with Crippen molar-refractivity contribution in [2.24, 2.45) is 0 Å². The van der Waals surface area contributed by atoms with Crippen LogP contribution >= 0.6 is 0 Å². The molecule has 1 N–H and O–H groups in total. The van der Waals surface area contributed by atoms with E-state index < -0.39 is 5.92 Å². The highest BCUT2D eigenvalue weighted by Gasteiger charge is 2.18. The van der Waals surface area contributed by atoms with Crippen LogP contribution in [0.15, 0.2) is 60.7 Å². The number of anilines is 1. The van der Waals surface area contributed by atoms with E-state index in [1.54, 1.807) is 31.4 Å². The maximum Gasteiger partial charge on any atom is 0.318 e. The maximum absolute atomic E-state index is 12.6. The van der Waals surface area contributed by atoms with Gasteiger partial charge in [0.25, 0.3) is 0 Å². The number of methoxy groups -OCH3 is 1. The second-order valence-corrected chi connectivity index (χ2v) is 6.32. The van der Waals surface area contributed by atoms with E-state index in [1.807, 2.05) is 43.3 Å². The predicted molar refractivity (Wildman–Crippen MR) is 105 cm³/mol. The molecule has 0 radical (unpaired) electrons. The fraction of sp³-hybridized carbons (Fsp3) is 0.182. The van der Waals surface area contributed by atoms with Gasteiger partial charge in [-0.15, -0.1) is 0 Å². The molecule has 0 aliphatic rings. The summed E-state index contributed by atoms with van der Waals surface area (Å²) in [6.45, 7) is 3.24. The number of rotatable bonds is 5. The summed E-state index contributed by atoms with van der Waals surface area (Å²) in [6, 6.07) is 18.4. The fourth-order valence-electron chi connectivity index (χ4n) is 2.82. The Bertz CT molecular complexity index is 997. The summed E-state index contributed by atoms with van der Waals surface area (Å²) in [4.78, 5) is 23.7. The second kappa shape index (κ2) is 7.91. The Morgan fingerprint density at radius 2 is 1.67 bits per heavy atom. The number of hydrogen-bond donors (Lipinski definition) is 1. The molecule has 0 heterocycles. The van der Waals surface area contributed by atoms with Crippen molar-refractivity contribution in [1.82, 2.24) is 0 Å². The van der Waals surface area contributed by atoms with Crippen LogP contribution in [0.3, 0.4) is 0 Å². The standard InChI is InChI=1S/C22H21NO4/c1-14(16-7-8-18-12-20(26-3)10-9-17(18)11-16)22(25)27-21-6-4-5-19(13-21)23-15(2)24/h4-14H,1-3H3,(H,23,24). The van der Waals surface area contributed by atoms with Gasteiger partial charge in [0.1, 0.15) is 11.5 Å². The lowest BCUT2D eigenvalue weighted by Gasteiger charge is -2.13. The Hall–Kier alpha value is -3.34. The highest BCUT2D eigenvalue weighted by atomic mass is 16.5. The van der Waals surface area contributed by atoms with Crippen LogP contribution in [0, 0.1) is 0 Å². The first kappa shape index (κ1) is 18.5. The molecule has 3 rings (SSSR count). The largest absolute Gasteiger partial charge is 0.497 e.